The number of nitrogens with one attached hydrogen (secondary N) is 1. The van der Waals surface area contributed by atoms with Gasteiger partial charge in [0.05, 0.1) is 13.5 Å². The molecule has 1 heterocycles. The van der Waals surface area contributed by atoms with Crippen molar-refractivity contribution in [2.45, 2.75) is 19.4 Å². The van der Waals surface area contributed by atoms with Crippen LogP contribution in [0.15, 0.2) is 90.3 Å². The maximum absolute atomic E-state index is 13.8. The van der Waals surface area contributed by atoms with Crippen LogP contribution in [-0.4, -0.2) is 48.0 Å². The Morgan fingerprint density at radius 1 is 0.846 bits per heavy atom. The fourth-order valence-corrected chi connectivity index (χ4v) is 5.05. The predicted octanol–water partition coefficient (Wildman–Crippen LogP) is 5.51. The number of methoxy groups -OCH3 is 1. The van der Waals surface area contributed by atoms with Crippen LogP contribution in [-0.2, 0) is 17.8 Å². The van der Waals surface area contributed by atoms with Gasteiger partial charge in [0.2, 0.25) is 0 Å². The van der Waals surface area contributed by atoms with Gasteiger partial charge in [-0.15, -0.1) is 11.3 Å². The summed E-state index contributed by atoms with van der Waals surface area (Å²) in [5, 5.41) is 14.2. The summed E-state index contributed by atoms with van der Waals surface area (Å²) in [7, 11) is 1.59. The van der Waals surface area contributed by atoms with E-state index in [2.05, 4.69) is 5.32 Å². The molecule has 4 rings (SSSR count). The number of hydrogen-bond acceptors (Lipinski definition) is 5. The van der Waals surface area contributed by atoms with Gasteiger partial charge in [-0.25, -0.2) is 0 Å². The summed E-state index contributed by atoms with van der Waals surface area (Å²) in [5.41, 5.74) is 2.93. The van der Waals surface area contributed by atoms with E-state index in [1.807, 2.05) is 66.0 Å². The molecule has 0 saturated heterocycles. The van der Waals surface area contributed by atoms with Crippen molar-refractivity contribution in [1.82, 2.24) is 10.2 Å². The van der Waals surface area contributed by atoms with E-state index in [1.165, 1.54) is 0 Å². The van der Waals surface area contributed by atoms with Gasteiger partial charge in [-0.1, -0.05) is 60.7 Å². The number of ether oxygens (including phenoxy) is 1. The third kappa shape index (κ3) is 7.12. The van der Waals surface area contributed by atoms with E-state index in [0.717, 1.165) is 10.4 Å². The number of nitrogens with zero attached hydrogens (tertiary/aromatic N) is 1. The third-order valence-corrected chi connectivity index (χ3v) is 7.28. The van der Waals surface area contributed by atoms with Crippen molar-refractivity contribution in [3.63, 3.8) is 0 Å². The summed E-state index contributed by atoms with van der Waals surface area (Å²) in [6.45, 7) is 0.764. The van der Waals surface area contributed by atoms with Gasteiger partial charge < -0.3 is 20.1 Å². The van der Waals surface area contributed by atoms with Crippen LogP contribution in [0.25, 0.3) is 11.1 Å². The zero-order valence-corrected chi connectivity index (χ0v) is 22.4. The number of thiophene rings is 1. The number of para-hydroxylation sites is 1. The second-order valence-corrected chi connectivity index (χ2v) is 9.88. The van der Waals surface area contributed by atoms with Gasteiger partial charge in [0, 0.05) is 41.2 Å². The first-order valence-corrected chi connectivity index (χ1v) is 13.5. The molecule has 0 aliphatic carbocycles. The molecule has 1 aromatic heterocycles. The number of rotatable bonds is 12. The van der Waals surface area contributed by atoms with Crippen molar-refractivity contribution in [3.8, 4) is 16.9 Å². The highest BCUT2D eigenvalue weighted by atomic mass is 32.1. The van der Waals surface area contributed by atoms with E-state index in [9.17, 15) is 19.5 Å². The van der Waals surface area contributed by atoms with E-state index in [0.29, 0.717) is 41.0 Å². The highest BCUT2D eigenvalue weighted by Gasteiger charge is 2.22. The van der Waals surface area contributed by atoms with Crippen LogP contribution in [0.4, 0.5) is 0 Å². The quantitative estimate of drug-likeness (QED) is 0.246. The van der Waals surface area contributed by atoms with E-state index < -0.39 is 5.97 Å². The summed E-state index contributed by atoms with van der Waals surface area (Å²) in [6, 6.07) is 25.7. The summed E-state index contributed by atoms with van der Waals surface area (Å²) in [6.07, 6.45) is 0.480. The van der Waals surface area contributed by atoms with Crippen molar-refractivity contribution < 1.29 is 24.2 Å². The van der Waals surface area contributed by atoms with Gasteiger partial charge in [-0.05, 0) is 47.2 Å². The zero-order chi connectivity index (χ0) is 27.6. The molecular weight excluding hydrogens is 512 g/mol. The standard InChI is InChI=1S/C31H30N2O5S/c1-38-28-15-7-2-9-22(28)21-32-30(36)26-13-5-3-11-24(26)25-12-4-6-14-27(25)31(37)33(19-17-29(34)35)18-16-23-10-8-20-39-23/h2-15,20H,16-19,21H2,1H3,(H,32,36)(H,34,35). The average Bonchev–Trinajstić information content (AvgIpc) is 3.49. The van der Waals surface area contributed by atoms with Crippen LogP contribution in [0.1, 0.15) is 37.6 Å². The van der Waals surface area contributed by atoms with Gasteiger partial charge in [0.1, 0.15) is 5.75 Å². The lowest BCUT2D eigenvalue weighted by atomic mass is 9.94. The number of carboxylic acids is 1. The molecule has 7 nitrogen and oxygen atoms in total. The lowest BCUT2D eigenvalue weighted by Gasteiger charge is -2.24. The molecule has 0 aliphatic heterocycles. The van der Waals surface area contributed by atoms with Crippen molar-refractivity contribution in [3.05, 3.63) is 112 Å². The van der Waals surface area contributed by atoms with Gasteiger partial charge in [-0.2, -0.15) is 0 Å². The van der Waals surface area contributed by atoms with Crippen LogP contribution in [0.3, 0.4) is 0 Å². The van der Waals surface area contributed by atoms with Crippen LogP contribution < -0.4 is 10.1 Å². The molecule has 8 heteroatoms. The van der Waals surface area contributed by atoms with Crippen LogP contribution in [0.5, 0.6) is 5.75 Å². The summed E-state index contributed by atoms with van der Waals surface area (Å²) >= 11 is 1.60. The molecule has 0 bridgehead atoms. The smallest absolute Gasteiger partial charge is 0.305 e. The fraction of sp³-hybridized carbons (Fsp3) is 0.194. The van der Waals surface area contributed by atoms with E-state index in [-0.39, 0.29) is 31.3 Å². The molecule has 0 fully saturated rings. The minimum Gasteiger partial charge on any atom is -0.496 e. The van der Waals surface area contributed by atoms with Crippen LogP contribution in [0.2, 0.25) is 0 Å². The lowest BCUT2D eigenvalue weighted by molar-refractivity contribution is -0.137. The van der Waals surface area contributed by atoms with Crippen LogP contribution >= 0.6 is 11.3 Å². The van der Waals surface area contributed by atoms with Crippen molar-refractivity contribution in [2.75, 3.05) is 20.2 Å². The Morgan fingerprint density at radius 3 is 2.21 bits per heavy atom. The molecule has 4 aromatic rings. The molecule has 0 radical (unpaired) electrons. The molecule has 0 aliphatic rings. The lowest BCUT2D eigenvalue weighted by Crippen LogP contribution is -2.35. The van der Waals surface area contributed by atoms with Gasteiger partial charge in [0.25, 0.3) is 11.8 Å². The largest absolute Gasteiger partial charge is 0.496 e. The number of carbonyl (C=O) groups excluding carboxylic acids is 2. The molecule has 0 saturated carbocycles. The third-order valence-electron chi connectivity index (χ3n) is 6.34. The first-order chi connectivity index (χ1) is 19.0. The Balaban J connectivity index is 1.61. The molecule has 0 unspecified atom stereocenters. The molecule has 2 amide bonds. The summed E-state index contributed by atoms with van der Waals surface area (Å²) < 4.78 is 5.39. The molecular formula is C31H30N2O5S. The Kier molecular flexibility index (Phi) is 9.48. The topological polar surface area (TPSA) is 95.9 Å². The number of hydrogen-bond donors (Lipinski definition) is 2. The zero-order valence-electron chi connectivity index (χ0n) is 21.6. The molecule has 0 spiro atoms. The summed E-state index contributed by atoms with van der Waals surface area (Å²) in [4.78, 5) is 41.1. The van der Waals surface area contributed by atoms with E-state index in [4.69, 9.17) is 4.74 Å². The van der Waals surface area contributed by atoms with E-state index >= 15 is 0 Å². The number of carbonyl (C=O) groups is 3. The molecule has 2 N–H and O–H groups in total. The normalized spacial score (nSPS) is 10.6. The monoisotopic (exact) mass is 542 g/mol. The Morgan fingerprint density at radius 2 is 1.51 bits per heavy atom. The minimum absolute atomic E-state index is 0.0922. The van der Waals surface area contributed by atoms with Crippen LogP contribution in [0, 0.1) is 0 Å². The highest BCUT2D eigenvalue weighted by Crippen LogP contribution is 2.29. The number of aliphatic carboxylic acids is 1. The molecule has 39 heavy (non-hydrogen) atoms. The Bertz CT molecular complexity index is 1430. The van der Waals surface area contributed by atoms with Gasteiger partial charge >= 0.3 is 5.97 Å². The first-order valence-electron chi connectivity index (χ1n) is 12.6. The molecule has 200 valence electrons. The maximum Gasteiger partial charge on any atom is 0.305 e. The maximum atomic E-state index is 13.8. The fourth-order valence-electron chi connectivity index (χ4n) is 4.36. The number of carboxylic acid groups (broad SMARTS) is 1. The average molecular weight is 543 g/mol. The highest BCUT2D eigenvalue weighted by molar-refractivity contribution is 7.09. The van der Waals surface area contributed by atoms with E-state index in [1.54, 1.807) is 47.6 Å². The number of amides is 2. The van der Waals surface area contributed by atoms with Crippen molar-refractivity contribution in [2.24, 2.45) is 0 Å². The number of benzene rings is 3. The Hall–Kier alpha value is -4.43. The van der Waals surface area contributed by atoms with Crippen molar-refractivity contribution in [1.29, 1.82) is 0 Å². The Labute approximate surface area is 231 Å². The summed E-state index contributed by atoms with van der Waals surface area (Å²) in [5.74, 6) is -0.827. The second-order valence-electron chi connectivity index (χ2n) is 8.85. The van der Waals surface area contributed by atoms with Gasteiger partial charge in [-0.3, -0.25) is 14.4 Å². The first kappa shape index (κ1) is 27.6. The van der Waals surface area contributed by atoms with Gasteiger partial charge in [0.15, 0.2) is 0 Å². The SMILES string of the molecule is COc1ccccc1CNC(=O)c1ccccc1-c1ccccc1C(=O)N(CCC(=O)O)CCc1cccs1. The second kappa shape index (κ2) is 13.4. The predicted molar refractivity (Wildman–Crippen MR) is 152 cm³/mol. The molecule has 0 atom stereocenters. The minimum atomic E-state index is -0.964. The molecule has 3 aromatic carbocycles. The van der Waals surface area contributed by atoms with Crippen molar-refractivity contribution >= 4 is 29.1 Å².